The minimum absolute atomic E-state index is 0.134. The van der Waals surface area contributed by atoms with Gasteiger partial charge in [-0.1, -0.05) is 6.07 Å². The fraction of sp³-hybridized carbons (Fsp3) is 0.316. The number of hydrogen-bond acceptors (Lipinski definition) is 5. The zero-order valence-electron chi connectivity index (χ0n) is 15.0. The van der Waals surface area contributed by atoms with Crippen LogP contribution in [0.1, 0.15) is 16.5 Å². The number of rotatable bonds is 8. The van der Waals surface area contributed by atoms with E-state index in [0.29, 0.717) is 18.0 Å². The first-order chi connectivity index (χ1) is 12.0. The molecule has 0 radical (unpaired) electrons. The monoisotopic (exact) mass is 360 g/mol. The standard InChI is InChI=1S/C19H24N2O3S/c1-21(2)17(18-6-5-9-25-18)13-20-19(22)8-7-14-10-15(23-3)12-16(11-14)24-4/h5-12,17H,13H2,1-4H3,(H,20,22)/b8-7+. The summed E-state index contributed by atoms with van der Waals surface area (Å²) in [5.74, 6) is 1.24. The van der Waals surface area contributed by atoms with Crippen molar-refractivity contribution >= 4 is 23.3 Å². The van der Waals surface area contributed by atoms with Gasteiger partial charge < -0.3 is 19.7 Å². The van der Waals surface area contributed by atoms with E-state index in [1.807, 2.05) is 37.7 Å². The molecule has 1 N–H and O–H groups in total. The SMILES string of the molecule is COc1cc(/C=C/C(=O)NCC(c2cccs2)N(C)C)cc(OC)c1. The molecular formula is C19H24N2O3S. The van der Waals surface area contributed by atoms with Crippen LogP contribution in [0.4, 0.5) is 0 Å². The third kappa shape index (κ3) is 5.62. The largest absolute Gasteiger partial charge is 0.497 e. The maximum Gasteiger partial charge on any atom is 0.244 e. The summed E-state index contributed by atoms with van der Waals surface area (Å²) in [6.45, 7) is 0.554. The first-order valence-electron chi connectivity index (χ1n) is 7.92. The number of nitrogens with one attached hydrogen (secondary N) is 1. The van der Waals surface area contributed by atoms with Gasteiger partial charge in [0.2, 0.25) is 5.91 Å². The number of hydrogen-bond donors (Lipinski definition) is 1. The van der Waals surface area contributed by atoms with E-state index in [4.69, 9.17) is 9.47 Å². The number of carbonyl (C=O) groups excluding carboxylic acids is 1. The Morgan fingerprint density at radius 1 is 1.24 bits per heavy atom. The van der Waals surface area contributed by atoms with E-state index in [0.717, 1.165) is 5.56 Å². The molecule has 0 fully saturated rings. The molecule has 5 nitrogen and oxygen atoms in total. The van der Waals surface area contributed by atoms with Crippen molar-refractivity contribution in [1.82, 2.24) is 10.2 Å². The Bertz CT molecular complexity index is 689. The van der Waals surface area contributed by atoms with E-state index < -0.39 is 0 Å². The third-order valence-electron chi connectivity index (χ3n) is 3.77. The molecule has 0 bridgehead atoms. The summed E-state index contributed by atoms with van der Waals surface area (Å²) < 4.78 is 10.5. The Labute approximate surface area is 152 Å². The number of thiophene rings is 1. The van der Waals surface area contributed by atoms with Gasteiger partial charge in [0.05, 0.1) is 20.3 Å². The molecule has 25 heavy (non-hydrogen) atoms. The van der Waals surface area contributed by atoms with E-state index >= 15 is 0 Å². The molecule has 1 aromatic heterocycles. The van der Waals surface area contributed by atoms with Gasteiger partial charge in [-0.05, 0) is 49.3 Å². The van der Waals surface area contributed by atoms with E-state index in [1.165, 1.54) is 11.0 Å². The molecule has 0 spiro atoms. The predicted molar refractivity (Wildman–Crippen MR) is 102 cm³/mol. The van der Waals surface area contributed by atoms with Crippen LogP contribution in [0.2, 0.25) is 0 Å². The van der Waals surface area contributed by atoms with Crippen LogP contribution in [0.3, 0.4) is 0 Å². The van der Waals surface area contributed by atoms with E-state index in [1.54, 1.807) is 37.7 Å². The van der Waals surface area contributed by atoms with Gasteiger partial charge >= 0.3 is 0 Å². The summed E-state index contributed by atoms with van der Waals surface area (Å²) in [5.41, 5.74) is 0.841. The van der Waals surface area contributed by atoms with Crippen LogP contribution in [0.25, 0.3) is 6.08 Å². The Morgan fingerprint density at radius 2 is 1.92 bits per heavy atom. The van der Waals surface area contributed by atoms with Crippen LogP contribution in [0.5, 0.6) is 11.5 Å². The van der Waals surface area contributed by atoms with Gasteiger partial charge in [-0.25, -0.2) is 0 Å². The average molecular weight is 360 g/mol. The van der Waals surface area contributed by atoms with Crippen molar-refractivity contribution in [3.05, 3.63) is 52.2 Å². The van der Waals surface area contributed by atoms with Crippen molar-refractivity contribution in [2.45, 2.75) is 6.04 Å². The van der Waals surface area contributed by atoms with Gasteiger partial charge in [-0.3, -0.25) is 4.79 Å². The Morgan fingerprint density at radius 3 is 2.44 bits per heavy atom. The lowest BCUT2D eigenvalue weighted by Crippen LogP contribution is -2.33. The molecule has 0 aliphatic carbocycles. The number of amides is 1. The minimum atomic E-state index is -0.134. The fourth-order valence-corrected chi connectivity index (χ4v) is 3.29. The van der Waals surface area contributed by atoms with Crippen molar-refractivity contribution in [2.24, 2.45) is 0 Å². The number of carbonyl (C=O) groups is 1. The average Bonchev–Trinajstić information content (AvgIpc) is 3.13. The van der Waals surface area contributed by atoms with Crippen molar-refractivity contribution < 1.29 is 14.3 Å². The second kappa shape index (κ2) is 9.25. The van der Waals surface area contributed by atoms with E-state index in [-0.39, 0.29) is 11.9 Å². The van der Waals surface area contributed by atoms with Crippen molar-refractivity contribution in [2.75, 3.05) is 34.9 Å². The molecule has 0 aliphatic heterocycles. The van der Waals surface area contributed by atoms with Gasteiger partial charge in [0.25, 0.3) is 0 Å². The van der Waals surface area contributed by atoms with Crippen molar-refractivity contribution in [3.8, 4) is 11.5 Å². The van der Waals surface area contributed by atoms with Crippen molar-refractivity contribution in [3.63, 3.8) is 0 Å². The lowest BCUT2D eigenvalue weighted by atomic mass is 10.2. The molecule has 2 aromatic rings. The summed E-state index contributed by atoms with van der Waals surface area (Å²) in [7, 11) is 7.21. The van der Waals surface area contributed by atoms with Crippen LogP contribution >= 0.6 is 11.3 Å². The lowest BCUT2D eigenvalue weighted by molar-refractivity contribution is -0.116. The molecule has 0 saturated heterocycles. The van der Waals surface area contributed by atoms with E-state index in [2.05, 4.69) is 16.3 Å². The highest BCUT2D eigenvalue weighted by Gasteiger charge is 2.15. The maximum absolute atomic E-state index is 12.1. The van der Waals surface area contributed by atoms with Gasteiger partial charge in [-0.2, -0.15) is 0 Å². The lowest BCUT2D eigenvalue weighted by Gasteiger charge is -2.23. The predicted octanol–water partition coefficient (Wildman–Crippen LogP) is 3.20. The molecule has 1 aromatic carbocycles. The summed E-state index contributed by atoms with van der Waals surface area (Å²) >= 11 is 1.69. The molecule has 6 heteroatoms. The summed E-state index contributed by atoms with van der Waals surface area (Å²) in [4.78, 5) is 15.5. The first kappa shape index (κ1) is 19.0. The van der Waals surface area contributed by atoms with Gasteiger partial charge in [0.15, 0.2) is 0 Å². The van der Waals surface area contributed by atoms with Crippen LogP contribution in [-0.2, 0) is 4.79 Å². The van der Waals surface area contributed by atoms with Crippen LogP contribution in [0.15, 0.2) is 41.8 Å². The van der Waals surface area contributed by atoms with Crippen LogP contribution in [-0.4, -0.2) is 45.7 Å². The number of likely N-dealkylation sites (N-methyl/N-ethyl adjacent to an activating group) is 1. The Hall–Kier alpha value is -2.31. The number of methoxy groups -OCH3 is 2. The third-order valence-corrected chi connectivity index (χ3v) is 4.74. The zero-order chi connectivity index (χ0) is 18.2. The molecule has 1 atom stereocenters. The molecule has 0 aliphatic rings. The molecule has 1 unspecified atom stereocenters. The van der Waals surface area contributed by atoms with E-state index in [9.17, 15) is 4.79 Å². The quantitative estimate of drug-likeness (QED) is 0.735. The molecule has 1 amide bonds. The van der Waals surface area contributed by atoms with Gasteiger partial charge in [-0.15, -0.1) is 11.3 Å². The highest BCUT2D eigenvalue weighted by molar-refractivity contribution is 7.10. The zero-order valence-corrected chi connectivity index (χ0v) is 15.8. The first-order valence-corrected chi connectivity index (χ1v) is 8.80. The molecule has 134 valence electrons. The number of benzene rings is 1. The van der Waals surface area contributed by atoms with Gasteiger partial charge in [0, 0.05) is 23.6 Å². The maximum atomic E-state index is 12.1. The smallest absolute Gasteiger partial charge is 0.244 e. The molecular weight excluding hydrogens is 336 g/mol. The highest BCUT2D eigenvalue weighted by atomic mass is 32.1. The topological polar surface area (TPSA) is 50.8 Å². The molecule has 2 rings (SSSR count). The Balaban J connectivity index is 1.98. The number of nitrogens with zero attached hydrogens (tertiary/aromatic N) is 1. The van der Waals surface area contributed by atoms with Crippen LogP contribution in [0, 0.1) is 0 Å². The normalized spacial score (nSPS) is 12.4. The van der Waals surface area contributed by atoms with Crippen LogP contribution < -0.4 is 14.8 Å². The van der Waals surface area contributed by atoms with Gasteiger partial charge in [0.1, 0.15) is 11.5 Å². The number of ether oxygens (including phenoxy) is 2. The second-order valence-corrected chi connectivity index (χ2v) is 6.70. The highest BCUT2D eigenvalue weighted by Crippen LogP contribution is 2.24. The fourth-order valence-electron chi connectivity index (χ4n) is 2.37. The second-order valence-electron chi connectivity index (χ2n) is 5.72. The summed E-state index contributed by atoms with van der Waals surface area (Å²) in [5, 5.41) is 5.00. The summed E-state index contributed by atoms with van der Waals surface area (Å²) in [6, 6.07) is 9.75. The Kier molecular flexibility index (Phi) is 7.03. The minimum Gasteiger partial charge on any atom is -0.497 e. The molecule has 0 saturated carbocycles. The molecule has 1 heterocycles. The summed E-state index contributed by atoms with van der Waals surface area (Å²) in [6.07, 6.45) is 3.27. The van der Waals surface area contributed by atoms with Crippen molar-refractivity contribution in [1.29, 1.82) is 0 Å².